The van der Waals surface area contributed by atoms with Gasteiger partial charge in [-0.25, -0.2) is 0 Å². The first-order valence-electron chi connectivity index (χ1n) is 12.9. The predicted molar refractivity (Wildman–Crippen MR) is 131 cm³/mol. The van der Waals surface area contributed by atoms with Crippen molar-refractivity contribution in [2.75, 3.05) is 21.1 Å². The minimum atomic E-state index is -0.914. The normalized spacial score (nSPS) is 13.8. The topological polar surface area (TPSA) is 40.1 Å². The molecule has 0 aliphatic carbocycles. The van der Waals surface area contributed by atoms with Gasteiger partial charge < -0.3 is 14.4 Å². The number of likely N-dealkylation sites (N-methyl/N-ethyl adjacent to an activating group) is 1. The number of nitrogens with zero attached hydrogens (tertiary/aromatic N) is 1. The summed E-state index contributed by atoms with van der Waals surface area (Å²) in [4.78, 5) is 12.0. The Balaban J connectivity index is 2.31. The summed E-state index contributed by atoms with van der Waals surface area (Å²) >= 11 is 0. The molecule has 1 rings (SSSR count). The number of carboxylic acids is 1. The summed E-state index contributed by atoms with van der Waals surface area (Å²) in [5, 5.41) is 12.0. The van der Waals surface area contributed by atoms with Crippen LogP contribution in [0.3, 0.4) is 0 Å². The van der Waals surface area contributed by atoms with Gasteiger partial charge in [0.2, 0.25) is 0 Å². The summed E-state index contributed by atoms with van der Waals surface area (Å²) in [5.41, 5.74) is 1.22. The lowest BCUT2D eigenvalue weighted by atomic mass is 9.86. The van der Waals surface area contributed by atoms with E-state index in [0.29, 0.717) is 4.48 Å². The highest BCUT2D eigenvalue weighted by molar-refractivity contribution is 5.70. The van der Waals surface area contributed by atoms with Crippen LogP contribution in [0.1, 0.15) is 102 Å². The molecule has 0 saturated carbocycles. The lowest BCUT2D eigenvalue weighted by Gasteiger charge is -2.40. The van der Waals surface area contributed by atoms with Crippen molar-refractivity contribution in [3.63, 3.8) is 0 Å². The van der Waals surface area contributed by atoms with Crippen molar-refractivity contribution in [2.24, 2.45) is 5.92 Å². The van der Waals surface area contributed by atoms with Crippen LogP contribution in [-0.4, -0.2) is 37.6 Å². The summed E-state index contributed by atoms with van der Waals surface area (Å²) in [7, 11) is 5.92. The van der Waals surface area contributed by atoms with E-state index >= 15 is 0 Å². The maximum Gasteiger partial charge on any atom is 0.132 e. The van der Waals surface area contributed by atoms with Crippen LogP contribution in [0, 0.1) is 5.92 Å². The first kappa shape index (κ1) is 27.7. The number of hydrogen-bond acceptors (Lipinski definition) is 2. The fourth-order valence-corrected chi connectivity index (χ4v) is 4.85. The van der Waals surface area contributed by atoms with Crippen LogP contribution in [0.2, 0.25) is 0 Å². The summed E-state index contributed by atoms with van der Waals surface area (Å²) < 4.78 is 0.415. The van der Waals surface area contributed by atoms with Crippen LogP contribution in [0.15, 0.2) is 30.3 Å². The Kier molecular flexibility index (Phi) is 14.6. The SMILES string of the molecule is CCCCCCCCCCCCCCCC(Cc1ccccc1)C(C(=O)[O-])[N+](C)(C)C. The molecular formula is C28H49NO2. The van der Waals surface area contributed by atoms with E-state index in [9.17, 15) is 9.90 Å². The monoisotopic (exact) mass is 431 g/mol. The molecule has 0 aliphatic rings. The minimum Gasteiger partial charge on any atom is -0.544 e. The fraction of sp³-hybridized carbons (Fsp3) is 0.750. The molecular weight excluding hydrogens is 382 g/mol. The molecule has 31 heavy (non-hydrogen) atoms. The Morgan fingerprint density at radius 2 is 1.23 bits per heavy atom. The smallest absolute Gasteiger partial charge is 0.132 e. The van der Waals surface area contributed by atoms with Crippen LogP contribution < -0.4 is 5.11 Å². The van der Waals surface area contributed by atoms with Gasteiger partial charge in [0.1, 0.15) is 6.04 Å². The number of quaternary nitrogens is 1. The first-order valence-corrected chi connectivity index (χ1v) is 12.9. The molecule has 0 N–H and O–H groups in total. The zero-order valence-electron chi connectivity index (χ0n) is 20.9. The molecule has 1 aromatic rings. The molecule has 0 spiro atoms. The van der Waals surface area contributed by atoms with Crippen molar-refractivity contribution in [1.29, 1.82) is 0 Å². The van der Waals surface area contributed by atoms with Gasteiger partial charge in [-0.05, 0) is 18.4 Å². The van der Waals surface area contributed by atoms with Gasteiger partial charge >= 0.3 is 0 Å². The molecule has 0 aliphatic heterocycles. The van der Waals surface area contributed by atoms with Crippen molar-refractivity contribution in [3.8, 4) is 0 Å². The summed E-state index contributed by atoms with van der Waals surface area (Å²) in [6.07, 6.45) is 19.2. The zero-order valence-corrected chi connectivity index (χ0v) is 20.9. The molecule has 2 atom stereocenters. The number of unbranched alkanes of at least 4 members (excludes halogenated alkanes) is 12. The molecule has 0 radical (unpaired) electrons. The van der Waals surface area contributed by atoms with E-state index in [2.05, 4.69) is 19.1 Å². The number of hydrogen-bond donors (Lipinski definition) is 0. The molecule has 3 heteroatoms. The van der Waals surface area contributed by atoms with Crippen molar-refractivity contribution in [2.45, 2.75) is 109 Å². The molecule has 0 aromatic heterocycles. The summed E-state index contributed by atoms with van der Waals surface area (Å²) in [6.45, 7) is 2.27. The largest absolute Gasteiger partial charge is 0.544 e. The van der Waals surface area contributed by atoms with Gasteiger partial charge in [-0.15, -0.1) is 0 Å². The highest BCUT2D eigenvalue weighted by Crippen LogP contribution is 2.25. The van der Waals surface area contributed by atoms with Gasteiger partial charge in [0.05, 0.1) is 27.1 Å². The van der Waals surface area contributed by atoms with E-state index in [1.807, 2.05) is 39.3 Å². The molecule has 1 aromatic carbocycles. The van der Waals surface area contributed by atoms with Crippen LogP contribution in [0.5, 0.6) is 0 Å². The number of carbonyl (C=O) groups is 1. The Morgan fingerprint density at radius 3 is 1.65 bits per heavy atom. The van der Waals surface area contributed by atoms with E-state index in [-0.39, 0.29) is 5.92 Å². The van der Waals surface area contributed by atoms with Crippen LogP contribution in [-0.2, 0) is 11.2 Å². The van der Waals surface area contributed by atoms with Crippen LogP contribution in [0.25, 0.3) is 0 Å². The second-order valence-corrected chi connectivity index (χ2v) is 10.4. The Bertz CT molecular complexity index is 564. The Morgan fingerprint density at radius 1 is 0.774 bits per heavy atom. The van der Waals surface area contributed by atoms with Crippen molar-refractivity contribution >= 4 is 5.97 Å². The van der Waals surface area contributed by atoms with E-state index < -0.39 is 12.0 Å². The van der Waals surface area contributed by atoms with E-state index in [1.54, 1.807) is 0 Å². The fourth-order valence-electron chi connectivity index (χ4n) is 4.85. The molecule has 3 nitrogen and oxygen atoms in total. The van der Waals surface area contributed by atoms with Gasteiger partial charge in [0.25, 0.3) is 0 Å². The lowest BCUT2D eigenvalue weighted by Crippen LogP contribution is -2.58. The van der Waals surface area contributed by atoms with Crippen LogP contribution >= 0.6 is 0 Å². The van der Waals surface area contributed by atoms with Gasteiger partial charge in [-0.1, -0.05) is 121 Å². The molecule has 0 saturated heterocycles. The third kappa shape index (κ3) is 12.9. The van der Waals surface area contributed by atoms with E-state index in [0.717, 1.165) is 19.3 Å². The Hall–Kier alpha value is -1.35. The highest BCUT2D eigenvalue weighted by atomic mass is 16.4. The van der Waals surface area contributed by atoms with E-state index in [4.69, 9.17) is 0 Å². The Labute approximate surface area is 192 Å². The third-order valence-electron chi connectivity index (χ3n) is 6.54. The molecule has 0 amide bonds. The maximum atomic E-state index is 12.0. The molecule has 0 bridgehead atoms. The minimum absolute atomic E-state index is 0.111. The van der Waals surface area contributed by atoms with Gasteiger partial charge in [0, 0.05) is 5.92 Å². The lowest BCUT2D eigenvalue weighted by molar-refractivity contribution is -0.893. The van der Waals surface area contributed by atoms with Crippen molar-refractivity contribution in [3.05, 3.63) is 35.9 Å². The highest BCUT2D eigenvalue weighted by Gasteiger charge is 2.33. The average Bonchev–Trinajstić information content (AvgIpc) is 2.70. The number of carboxylic acid groups (broad SMARTS) is 1. The standard InChI is InChI=1S/C28H49NO2/c1-5-6-7-8-9-10-11-12-13-14-15-16-20-23-26(24-25-21-18-17-19-22-25)27(28(30)31)29(2,3)4/h17-19,21-22,26-27H,5-16,20,23-24H2,1-4H3. The zero-order chi connectivity index (χ0) is 23.0. The van der Waals surface area contributed by atoms with Gasteiger partial charge in [0.15, 0.2) is 0 Å². The van der Waals surface area contributed by atoms with Crippen molar-refractivity contribution < 1.29 is 14.4 Å². The predicted octanol–water partition coefficient (Wildman–Crippen LogP) is 6.15. The van der Waals surface area contributed by atoms with Gasteiger partial charge in [-0.3, -0.25) is 0 Å². The molecule has 178 valence electrons. The molecule has 2 unspecified atom stereocenters. The van der Waals surface area contributed by atoms with Crippen LogP contribution in [0.4, 0.5) is 0 Å². The number of aliphatic carboxylic acids is 1. The number of benzene rings is 1. The third-order valence-corrected chi connectivity index (χ3v) is 6.54. The summed E-state index contributed by atoms with van der Waals surface area (Å²) in [5.74, 6) is -0.803. The van der Waals surface area contributed by atoms with Gasteiger partial charge in [-0.2, -0.15) is 0 Å². The van der Waals surface area contributed by atoms with E-state index in [1.165, 1.54) is 82.6 Å². The number of carbonyl (C=O) groups excluding carboxylic acids is 1. The second kappa shape index (κ2) is 16.3. The average molecular weight is 432 g/mol. The molecule has 0 heterocycles. The second-order valence-electron chi connectivity index (χ2n) is 10.4. The first-order chi connectivity index (χ1) is 14.9. The maximum absolute atomic E-state index is 12.0. The molecule has 0 fully saturated rings. The number of rotatable bonds is 19. The summed E-state index contributed by atoms with van der Waals surface area (Å²) in [6, 6.07) is 9.84. The van der Waals surface area contributed by atoms with Crippen molar-refractivity contribution in [1.82, 2.24) is 0 Å². The quantitative estimate of drug-likeness (QED) is 0.195.